The second kappa shape index (κ2) is 7.05. The van der Waals surface area contributed by atoms with Crippen molar-refractivity contribution in [3.05, 3.63) is 35.9 Å². The number of nitrogens with two attached hydrogens (primary N) is 1. The van der Waals surface area contributed by atoms with Crippen LogP contribution in [0.3, 0.4) is 0 Å². The monoisotopic (exact) mass is 354 g/mol. The maximum absolute atomic E-state index is 13.4. The summed E-state index contributed by atoms with van der Waals surface area (Å²) in [6, 6.07) is 10.3. The number of fused-ring (bicyclic) bond motifs is 2. The fourth-order valence-electron chi connectivity index (χ4n) is 5.76. The lowest BCUT2D eigenvalue weighted by molar-refractivity contribution is -0.139. The van der Waals surface area contributed by atoms with Crippen LogP contribution in [0.5, 0.6) is 0 Å². The van der Waals surface area contributed by atoms with Crippen molar-refractivity contribution in [2.75, 3.05) is 0 Å². The van der Waals surface area contributed by atoms with Gasteiger partial charge >= 0.3 is 0 Å². The Morgan fingerprint density at radius 2 is 1.69 bits per heavy atom. The minimum absolute atomic E-state index is 0.0130. The summed E-state index contributed by atoms with van der Waals surface area (Å²) < 4.78 is 0. The Kier molecular flexibility index (Phi) is 4.76. The van der Waals surface area contributed by atoms with Crippen LogP contribution in [0.1, 0.15) is 63.4 Å². The average Bonchev–Trinajstić information content (AvgIpc) is 3.05. The molecule has 2 N–H and O–H groups in total. The van der Waals surface area contributed by atoms with Gasteiger partial charge in [0.25, 0.3) is 0 Å². The molecular formula is C22H30N2O2. The van der Waals surface area contributed by atoms with E-state index in [1.54, 1.807) is 0 Å². The Morgan fingerprint density at radius 3 is 2.35 bits per heavy atom. The van der Waals surface area contributed by atoms with E-state index in [2.05, 4.69) is 17.0 Å². The van der Waals surface area contributed by atoms with Crippen molar-refractivity contribution in [2.45, 2.75) is 76.3 Å². The second-order valence-corrected chi connectivity index (χ2v) is 8.57. The van der Waals surface area contributed by atoms with Crippen LogP contribution in [-0.4, -0.2) is 28.8 Å². The molecule has 0 aromatic heterocycles. The fraction of sp³-hybridized carbons (Fsp3) is 0.636. The molecule has 3 atom stereocenters. The normalized spacial score (nSPS) is 31.8. The smallest absolute Gasteiger partial charge is 0.226 e. The molecular weight excluding hydrogens is 324 g/mol. The first kappa shape index (κ1) is 17.6. The summed E-state index contributed by atoms with van der Waals surface area (Å²) in [5.74, 6) is 0.226. The van der Waals surface area contributed by atoms with Crippen LogP contribution < -0.4 is 5.73 Å². The molecule has 140 valence electrons. The van der Waals surface area contributed by atoms with Crippen LogP contribution in [0, 0.1) is 11.3 Å². The summed E-state index contributed by atoms with van der Waals surface area (Å²) in [6.07, 6.45) is 10.2. The van der Waals surface area contributed by atoms with Gasteiger partial charge in [-0.2, -0.15) is 0 Å². The Labute approximate surface area is 156 Å². The van der Waals surface area contributed by atoms with Crippen molar-refractivity contribution in [2.24, 2.45) is 17.1 Å². The highest BCUT2D eigenvalue weighted by Crippen LogP contribution is 2.52. The minimum Gasteiger partial charge on any atom is -0.369 e. The van der Waals surface area contributed by atoms with Gasteiger partial charge in [0.1, 0.15) is 0 Å². The van der Waals surface area contributed by atoms with Crippen molar-refractivity contribution >= 4 is 11.8 Å². The third-order valence-corrected chi connectivity index (χ3v) is 7.05. The summed E-state index contributed by atoms with van der Waals surface area (Å²) in [5.41, 5.74) is 6.50. The number of carbonyl (C=O) groups is 2. The molecule has 0 unspecified atom stereocenters. The first-order valence-corrected chi connectivity index (χ1v) is 10.3. The maximum Gasteiger partial charge on any atom is 0.226 e. The van der Waals surface area contributed by atoms with Gasteiger partial charge in [0.05, 0.1) is 5.41 Å². The number of hydrogen-bond donors (Lipinski definition) is 1. The summed E-state index contributed by atoms with van der Waals surface area (Å²) in [4.78, 5) is 28.1. The maximum atomic E-state index is 13.4. The van der Waals surface area contributed by atoms with Gasteiger partial charge in [0.15, 0.2) is 0 Å². The van der Waals surface area contributed by atoms with Crippen LogP contribution in [0.25, 0.3) is 0 Å². The predicted molar refractivity (Wildman–Crippen MR) is 101 cm³/mol. The average molecular weight is 354 g/mol. The first-order valence-electron chi connectivity index (χ1n) is 10.3. The van der Waals surface area contributed by atoms with Gasteiger partial charge < -0.3 is 10.6 Å². The lowest BCUT2D eigenvalue weighted by Crippen LogP contribution is -2.50. The van der Waals surface area contributed by atoms with Crippen molar-refractivity contribution in [1.82, 2.24) is 4.90 Å². The van der Waals surface area contributed by atoms with Gasteiger partial charge in [-0.1, -0.05) is 56.0 Å². The number of hydrogen-bond acceptors (Lipinski definition) is 2. The van der Waals surface area contributed by atoms with E-state index in [0.717, 1.165) is 50.5 Å². The third kappa shape index (κ3) is 2.93. The molecule has 2 amide bonds. The molecule has 4 nitrogen and oxygen atoms in total. The van der Waals surface area contributed by atoms with Gasteiger partial charge in [-0.25, -0.2) is 0 Å². The van der Waals surface area contributed by atoms with Crippen LogP contribution in [0.15, 0.2) is 30.3 Å². The van der Waals surface area contributed by atoms with Gasteiger partial charge in [-0.3, -0.25) is 9.59 Å². The Balaban J connectivity index is 1.59. The number of nitrogens with zero attached hydrogens (tertiary/aromatic N) is 1. The van der Waals surface area contributed by atoms with E-state index < -0.39 is 5.41 Å². The van der Waals surface area contributed by atoms with E-state index in [1.165, 1.54) is 12.8 Å². The third-order valence-electron chi connectivity index (χ3n) is 7.05. The Bertz CT molecular complexity index is 666. The number of carbonyl (C=O) groups excluding carboxylic acids is 2. The molecule has 1 aliphatic carbocycles. The molecule has 2 saturated heterocycles. The lowest BCUT2D eigenvalue weighted by Gasteiger charge is -2.35. The van der Waals surface area contributed by atoms with Crippen LogP contribution >= 0.6 is 0 Å². The molecule has 26 heavy (non-hydrogen) atoms. The molecule has 0 spiro atoms. The summed E-state index contributed by atoms with van der Waals surface area (Å²) >= 11 is 0. The zero-order valence-electron chi connectivity index (χ0n) is 15.5. The predicted octanol–water partition coefficient (Wildman–Crippen LogP) is 3.43. The highest BCUT2D eigenvalue weighted by atomic mass is 16.2. The standard InChI is InChI=1S/C22H30N2O2/c23-21(26)22(14-16-8-4-3-5-9-16)15-18-12-13-19(22)24(18)20(25)17-10-6-1-2-7-11-17/h3-5,8-9,17-19H,1-2,6-7,10-15H2,(H2,23,26)/t18-,19+,22+/m0/s1. The van der Waals surface area contributed by atoms with E-state index in [-0.39, 0.29) is 23.9 Å². The number of benzene rings is 1. The van der Waals surface area contributed by atoms with Crippen molar-refractivity contribution in [3.63, 3.8) is 0 Å². The lowest BCUT2D eigenvalue weighted by atomic mass is 9.69. The fourth-order valence-corrected chi connectivity index (χ4v) is 5.76. The number of primary amides is 1. The Morgan fingerprint density at radius 1 is 1.00 bits per heavy atom. The van der Waals surface area contributed by atoms with E-state index in [9.17, 15) is 9.59 Å². The van der Waals surface area contributed by atoms with E-state index >= 15 is 0 Å². The highest BCUT2D eigenvalue weighted by molar-refractivity contribution is 5.87. The topological polar surface area (TPSA) is 63.4 Å². The molecule has 4 rings (SSSR count). The van der Waals surface area contributed by atoms with Gasteiger partial charge in [0.2, 0.25) is 11.8 Å². The summed E-state index contributed by atoms with van der Waals surface area (Å²) in [5, 5.41) is 0. The molecule has 2 aliphatic heterocycles. The van der Waals surface area contributed by atoms with Crippen LogP contribution in [0.4, 0.5) is 0 Å². The first-order chi connectivity index (χ1) is 12.6. The molecule has 2 bridgehead atoms. The van der Waals surface area contributed by atoms with Gasteiger partial charge in [0, 0.05) is 18.0 Å². The zero-order chi connectivity index (χ0) is 18.1. The quantitative estimate of drug-likeness (QED) is 0.842. The molecule has 1 aromatic carbocycles. The summed E-state index contributed by atoms with van der Waals surface area (Å²) in [7, 11) is 0. The van der Waals surface area contributed by atoms with Crippen LogP contribution in [0.2, 0.25) is 0 Å². The molecule has 4 heteroatoms. The van der Waals surface area contributed by atoms with E-state index in [4.69, 9.17) is 5.73 Å². The second-order valence-electron chi connectivity index (χ2n) is 8.57. The number of amides is 2. The molecule has 0 radical (unpaired) electrons. The van der Waals surface area contributed by atoms with Crippen LogP contribution in [-0.2, 0) is 16.0 Å². The highest BCUT2D eigenvalue weighted by Gasteiger charge is 2.60. The summed E-state index contributed by atoms with van der Waals surface area (Å²) in [6.45, 7) is 0. The molecule has 2 heterocycles. The minimum atomic E-state index is -0.593. The molecule has 1 saturated carbocycles. The Hall–Kier alpha value is -1.84. The van der Waals surface area contributed by atoms with E-state index in [0.29, 0.717) is 12.3 Å². The van der Waals surface area contributed by atoms with Gasteiger partial charge in [-0.05, 0) is 44.1 Å². The van der Waals surface area contributed by atoms with E-state index in [1.807, 2.05) is 18.2 Å². The molecule has 3 fully saturated rings. The molecule has 1 aromatic rings. The van der Waals surface area contributed by atoms with Crippen molar-refractivity contribution in [3.8, 4) is 0 Å². The molecule has 3 aliphatic rings. The zero-order valence-corrected chi connectivity index (χ0v) is 15.5. The van der Waals surface area contributed by atoms with Crippen molar-refractivity contribution < 1.29 is 9.59 Å². The SMILES string of the molecule is NC(=O)[C@]1(Cc2ccccc2)C[C@@H]2CC[C@H]1N2C(=O)C1CCCCCC1. The van der Waals surface area contributed by atoms with Gasteiger partial charge in [-0.15, -0.1) is 0 Å². The largest absolute Gasteiger partial charge is 0.369 e. The van der Waals surface area contributed by atoms with Crippen molar-refractivity contribution in [1.29, 1.82) is 0 Å². The number of rotatable bonds is 4.